The van der Waals surface area contributed by atoms with E-state index >= 15 is 0 Å². The van der Waals surface area contributed by atoms with E-state index in [2.05, 4.69) is 6.58 Å². The van der Waals surface area contributed by atoms with E-state index in [1.165, 1.54) is 13.0 Å². The van der Waals surface area contributed by atoms with Crippen molar-refractivity contribution in [2.24, 2.45) is 17.8 Å². The van der Waals surface area contributed by atoms with Gasteiger partial charge in [0.1, 0.15) is 6.10 Å². The fraction of sp³-hybridized carbons (Fsp3) is 0.680. The van der Waals surface area contributed by atoms with Crippen LogP contribution < -0.4 is 0 Å². The Morgan fingerprint density at radius 2 is 1.94 bits per heavy atom. The molecule has 1 aliphatic heterocycles. The number of ether oxygens (including phenoxy) is 3. The number of rotatable bonds is 5. The fourth-order valence-corrected chi connectivity index (χ4v) is 4.10. The number of carbonyl (C=O) groups is 4. The highest BCUT2D eigenvalue weighted by Gasteiger charge is 2.57. The molecular weight excluding hydrogens is 444 g/mol. The molecule has 0 aromatic heterocycles. The van der Waals surface area contributed by atoms with Crippen molar-refractivity contribution in [3.8, 4) is 0 Å². The Bertz CT molecular complexity index is 872. The van der Waals surface area contributed by atoms with Crippen LogP contribution in [0.5, 0.6) is 0 Å². The maximum Gasteiger partial charge on any atom is 0.334 e. The maximum atomic E-state index is 13.1. The summed E-state index contributed by atoms with van der Waals surface area (Å²) in [5.41, 5.74) is -2.13. The Labute approximate surface area is 200 Å². The first-order chi connectivity index (χ1) is 15.8. The van der Waals surface area contributed by atoms with Crippen molar-refractivity contribution >= 4 is 23.7 Å². The second-order valence-electron chi connectivity index (χ2n) is 9.56. The summed E-state index contributed by atoms with van der Waals surface area (Å²) in [6, 6.07) is 0. The summed E-state index contributed by atoms with van der Waals surface area (Å²) in [6.45, 7) is 13.2. The number of hydrogen-bond donors (Lipinski definition) is 2. The molecule has 0 spiro atoms. The third kappa shape index (κ3) is 5.58. The lowest BCUT2D eigenvalue weighted by molar-refractivity contribution is -0.201. The molecule has 8 atom stereocenters. The van der Waals surface area contributed by atoms with Crippen LogP contribution in [0, 0.1) is 17.8 Å². The minimum absolute atomic E-state index is 0.0315. The smallest absolute Gasteiger partial charge is 0.334 e. The lowest BCUT2D eigenvalue weighted by Crippen LogP contribution is -2.60. The van der Waals surface area contributed by atoms with Gasteiger partial charge in [-0.15, -0.1) is 0 Å². The molecule has 34 heavy (non-hydrogen) atoms. The summed E-state index contributed by atoms with van der Waals surface area (Å²) >= 11 is 0. The Morgan fingerprint density at radius 1 is 1.32 bits per heavy atom. The molecule has 9 nitrogen and oxygen atoms in total. The van der Waals surface area contributed by atoms with E-state index in [1.807, 2.05) is 0 Å². The third-order valence-corrected chi connectivity index (χ3v) is 7.01. The zero-order chi connectivity index (χ0) is 26.0. The molecule has 1 saturated carbocycles. The molecule has 0 amide bonds. The largest absolute Gasteiger partial charge is 0.458 e. The van der Waals surface area contributed by atoms with E-state index in [1.54, 1.807) is 27.7 Å². The summed E-state index contributed by atoms with van der Waals surface area (Å²) in [4.78, 5) is 51.2. The molecule has 1 aliphatic carbocycles. The van der Waals surface area contributed by atoms with Gasteiger partial charge in [-0.05, 0) is 39.5 Å². The van der Waals surface area contributed by atoms with Crippen LogP contribution in [0.25, 0.3) is 0 Å². The Morgan fingerprint density at radius 3 is 2.50 bits per heavy atom. The summed E-state index contributed by atoms with van der Waals surface area (Å²) in [7, 11) is 0. The van der Waals surface area contributed by atoms with Crippen LogP contribution in [0.15, 0.2) is 23.8 Å². The zero-order valence-corrected chi connectivity index (χ0v) is 20.7. The number of hydrogen-bond acceptors (Lipinski definition) is 9. The van der Waals surface area contributed by atoms with Gasteiger partial charge >= 0.3 is 17.9 Å². The van der Waals surface area contributed by atoms with Gasteiger partial charge in [-0.25, -0.2) is 9.59 Å². The van der Waals surface area contributed by atoms with Crippen molar-refractivity contribution in [1.29, 1.82) is 0 Å². The normalized spacial score (nSPS) is 35.8. The predicted molar refractivity (Wildman–Crippen MR) is 121 cm³/mol. The summed E-state index contributed by atoms with van der Waals surface area (Å²) in [6.07, 6.45) is -3.45. The highest BCUT2D eigenvalue weighted by molar-refractivity contribution is 5.92. The van der Waals surface area contributed by atoms with Crippen molar-refractivity contribution in [3.05, 3.63) is 23.8 Å². The molecule has 0 aromatic carbocycles. The van der Waals surface area contributed by atoms with Crippen LogP contribution in [-0.2, 0) is 33.4 Å². The van der Waals surface area contributed by atoms with Crippen LogP contribution in [0.3, 0.4) is 0 Å². The summed E-state index contributed by atoms with van der Waals surface area (Å²) in [5, 5.41) is 22.0. The quantitative estimate of drug-likeness (QED) is 0.344. The first-order valence-electron chi connectivity index (χ1n) is 11.6. The molecule has 2 N–H and O–H groups in total. The van der Waals surface area contributed by atoms with Gasteiger partial charge in [0, 0.05) is 17.6 Å². The van der Waals surface area contributed by atoms with Crippen LogP contribution in [0.1, 0.15) is 60.8 Å². The summed E-state index contributed by atoms with van der Waals surface area (Å²) < 4.78 is 16.9. The average Bonchev–Trinajstić information content (AvgIpc) is 3.06. The van der Waals surface area contributed by atoms with Gasteiger partial charge in [0.05, 0.1) is 17.9 Å². The van der Waals surface area contributed by atoms with Gasteiger partial charge in [-0.3, -0.25) is 9.59 Å². The standard InChI is InChI=1S/C25H36O9/c1-8-12(3)22(28)33-20-19-15(6)24(30)32-17(19)10-14(5)16(26)11-18(27)25(7,31)21(20)34-23(29)13(4)9-2/h8,13-14,16-17,19-21,26,31H,6,9-11H2,1-5,7H3/b12-8-/t13-,14-,16-,17-,19+,20+,21-,25+/m1/s1. The third-order valence-electron chi connectivity index (χ3n) is 7.01. The monoisotopic (exact) mass is 480 g/mol. The van der Waals surface area contributed by atoms with Gasteiger partial charge < -0.3 is 24.4 Å². The van der Waals surface area contributed by atoms with Gasteiger partial charge in [-0.2, -0.15) is 0 Å². The molecule has 0 bridgehead atoms. The number of aliphatic hydroxyl groups excluding tert-OH is 1. The Balaban J connectivity index is 2.70. The van der Waals surface area contributed by atoms with E-state index in [0.717, 1.165) is 6.92 Å². The lowest BCUT2D eigenvalue weighted by Gasteiger charge is -2.41. The summed E-state index contributed by atoms with van der Waals surface area (Å²) in [5.74, 6) is -5.05. The van der Waals surface area contributed by atoms with E-state index in [0.29, 0.717) is 6.42 Å². The van der Waals surface area contributed by atoms with Crippen LogP contribution in [0.4, 0.5) is 0 Å². The number of Topliss-reactive ketones (excluding diaryl/α,β-unsaturated/α-hetero) is 1. The van der Waals surface area contributed by atoms with Gasteiger partial charge in [-0.1, -0.05) is 33.4 Å². The molecule has 2 fully saturated rings. The predicted octanol–water partition coefficient (Wildman–Crippen LogP) is 2.03. The van der Waals surface area contributed by atoms with Crippen molar-refractivity contribution in [3.63, 3.8) is 0 Å². The van der Waals surface area contributed by atoms with Gasteiger partial charge in [0.15, 0.2) is 23.6 Å². The SMILES string of the molecule is C=C1C(=O)O[C@@H]2C[C@@H](C)[C@H](O)CC(=O)[C@](C)(O)[C@H](OC(=O)[C@H](C)CC)[C@@H](OC(=O)/C(C)=C\C)[C@@H]12. The van der Waals surface area contributed by atoms with Crippen LogP contribution in [0.2, 0.25) is 0 Å². The molecule has 190 valence electrons. The topological polar surface area (TPSA) is 136 Å². The van der Waals surface area contributed by atoms with Crippen molar-refractivity contribution < 1.29 is 43.6 Å². The first kappa shape index (κ1) is 27.7. The molecule has 2 aliphatic rings. The molecule has 0 unspecified atom stereocenters. The van der Waals surface area contributed by atoms with Crippen molar-refractivity contribution in [2.75, 3.05) is 0 Å². The highest BCUT2D eigenvalue weighted by atomic mass is 16.6. The minimum atomic E-state index is -2.34. The van der Waals surface area contributed by atoms with E-state index < -0.39 is 77.9 Å². The van der Waals surface area contributed by atoms with E-state index in [4.69, 9.17) is 14.2 Å². The highest BCUT2D eigenvalue weighted by Crippen LogP contribution is 2.41. The van der Waals surface area contributed by atoms with Gasteiger partial charge in [0.2, 0.25) is 0 Å². The van der Waals surface area contributed by atoms with Crippen molar-refractivity contribution in [2.45, 2.75) is 90.8 Å². The minimum Gasteiger partial charge on any atom is -0.458 e. The van der Waals surface area contributed by atoms with Gasteiger partial charge in [0.25, 0.3) is 0 Å². The first-order valence-corrected chi connectivity index (χ1v) is 11.6. The number of carbonyl (C=O) groups excluding carboxylic acids is 4. The second kappa shape index (κ2) is 10.8. The van der Waals surface area contributed by atoms with Crippen LogP contribution in [-0.4, -0.2) is 63.9 Å². The average molecular weight is 481 g/mol. The number of fused-ring (bicyclic) bond motifs is 1. The lowest BCUT2D eigenvalue weighted by atomic mass is 9.75. The van der Waals surface area contributed by atoms with Crippen LogP contribution >= 0.6 is 0 Å². The molecule has 9 heteroatoms. The molecule has 0 radical (unpaired) electrons. The number of allylic oxidation sites excluding steroid dienone is 1. The molecular formula is C25H36O9. The molecule has 0 aromatic rings. The molecule has 1 saturated heterocycles. The number of esters is 3. The zero-order valence-electron chi connectivity index (χ0n) is 20.7. The molecule has 2 rings (SSSR count). The van der Waals surface area contributed by atoms with E-state index in [-0.39, 0.29) is 17.6 Å². The maximum absolute atomic E-state index is 13.1. The fourth-order valence-electron chi connectivity index (χ4n) is 4.10. The Hall–Kier alpha value is -2.52. The number of ketones is 1. The Kier molecular flexibility index (Phi) is 8.82. The van der Waals surface area contributed by atoms with E-state index in [9.17, 15) is 29.4 Å². The van der Waals surface area contributed by atoms with Crippen molar-refractivity contribution in [1.82, 2.24) is 0 Å². The second-order valence-corrected chi connectivity index (χ2v) is 9.56. The molecule has 1 heterocycles. The number of aliphatic hydroxyl groups is 2.